The Bertz CT molecular complexity index is 702. The first-order chi connectivity index (χ1) is 12.2. The van der Waals surface area contributed by atoms with Crippen LogP contribution in [-0.4, -0.2) is 32.8 Å². The van der Waals surface area contributed by atoms with Gasteiger partial charge in [-0.1, -0.05) is 24.3 Å². The van der Waals surface area contributed by atoms with E-state index in [-0.39, 0.29) is 6.03 Å². The van der Waals surface area contributed by atoms with Crippen molar-refractivity contribution in [2.45, 2.75) is 57.8 Å². The highest BCUT2D eigenvalue weighted by Gasteiger charge is 2.41. The van der Waals surface area contributed by atoms with Crippen LogP contribution in [0.4, 0.5) is 4.79 Å². The molecule has 1 aromatic heterocycles. The first-order valence-electron chi connectivity index (χ1n) is 9.32. The molecule has 0 spiro atoms. The first-order valence-corrected chi connectivity index (χ1v) is 9.32. The van der Waals surface area contributed by atoms with E-state index in [0.717, 1.165) is 24.9 Å². The van der Waals surface area contributed by atoms with Crippen molar-refractivity contribution in [3.8, 4) is 0 Å². The summed E-state index contributed by atoms with van der Waals surface area (Å²) in [7, 11) is 0. The molecular formula is C20H26N4O. The van der Waals surface area contributed by atoms with Gasteiger partial charge < -0.3 is 10.2 Å². The molecular weight excluding hydrogens is 312 g/mol. The number of hydrogen-bond acceptors (Lipinski definition) is 2. The second kappa shape index (κ2) is 6.90. The predicted molar refractivity (Wildman–Crippen MR) is 97.1 cm³/mol. The van der Waals surface area contributed by atoms with Gasteiger partial charge in [-0.05, 0) is 55.7 Å². The Morgan fingerprint density at radius 2 is 1.96 bits per heavy atom. The maximum atomic E-state index is 12.7. The summed E-state index contributed by atoms with van der Waals surface area (Å²) in [4.78, 5) is 14.8. The van der Waals surface area contributed by atoms with Crippen LogP contribution in [0, 0.1) is 5.92 Å². The molecule has 4 rings (SSSR count). The Balaban J connectivity index is 1.31. The fourth-order valence-corrected chi connectivity index (χ4v) is 3.45. The van der Waals surface area contributed by atoms with Gasteiger partial charge in [0.15, 0.2) is 0 Å². The number of amides is 2. The zero-order valence-electron chi connectivity index (χ0n) is 14.8. The van der Waals surface area contributed by atoms with Gasteiger partial charge in [0, 0.05) is 31.0 Å². The van der Waals surface area contributed by atoms with Crippen LogP contribution in [0.5, 0.6) is 0 Å². The third-order valence-corrected chi connectivity index (χ3v) is 5.29. The number of aromatic nitrogens is 2. The zero-order chi connectivity index (χ0) is 17.2. The van der Waals surface area contributed by atoms with E-state index in [2.05, 4.69) is 46.5 Å². The van der Waals surface area contributed by atoms with E-state index in [1.807, 2.05) is 16.9 Å². The fraction of sp³-hybridized carbons (Fsp3) is 0.500. The Morgan fingerprint density at radius 1 is 1.24 bits per heavy atom. The molecule has 25 heavy (non-hydrogen) atoms. The molecule has 2 aromatic rings. The number of nitrogens with one attached hydrogen (secondary N) is 1. The van der Waals surface area contributed by atoms with E-state index in [0.29, 0.717) is 24.5 Å². The second-order valence-corrected chi connectivity index (χ2v) is 7.40. The lowest BCUT2D eigenvalue weighted by Gasteiger charge is -2.29. The van der Waals surface area contributed by atoms with Crippen LogP contribution >= 0.6 is 0 Å². The average Bonchev–Trinajstić information content (AvgIpc) is 3.54. The Hall–Kier alpha value is -2.30. The van der Waals surface area contributed by atoms with Crippen molar-refractivity contribution in [1.29, 1.82) is 0 Å². The third kappa shape index (κ3) is 4.03. The summed E-state index contributed by atoms with van der Waals surface area (Å²) in [5.74, 6) is 0.716. The summed E-state index contributed by atoms with van der Waals surface area (Å²) < 4.78 is 1.91. The number of nitrogens with zero attached hydrogens (tertiary/aromatic N) is 3. The van der Waals surface area contributed by atoms with Gasteiger partial charge in [-0.3, -0.25) is 4.68 Å². The third-order valence-electron chi connectivity index (χ3n) is 5.29. The summed E-state index contributed by atoms with van der Waals surface area (Å²) in [6, 6.07) is 11.3. The van der Waals surface area contributed by atoms with Gasteiger partial charge in [0.05, 0.1) is 6.54 Å². The molecule has 2 aliphatic rings. The molecule has 1 aromatic carbocycles. The lowest BCUT2D eigenvalue weighted by atomic mass is 10.1. The van der Waals surface area contributed by atoms with Crippen LogP contribution in [0.3, 0.4) is 0 Å². The van der Waals surface area contributed by atoms with Crippen LogP contribution < -0.4 is 5.32 Å². The van der Waals surface area contributed by atoms with Crippen molar-refractivity contribution < 1.29 is 4.79 Å². The minimum atomic E-state index is 0.0996. The lowest BCUT2D eigenvalue weighted by molar-refractivity contribution is 0.166. The minimum Gasteiger partial charge on any atom is -0.334 e. The average molecular weight is 338 g/mol. The molecule has 1 atom stereocenters. The number of benzene rings is 1. The summed E-state index contributed by atoms with van der Waals surface area (Å²) in [5.41, 5.74) is 2.34. The SMILES string of the molecule is C[C@@H](C1CC1)N(C(=O)NCc1ccc(Cn2cccn2)cc1)C1CC1. The smallest absolute Gasteiger partial charge is 0.318 e. The van der Waals surface area contributed by atoms with Gasteiger partial charge >= 0.3 is 6.03 Å². The van der Waals surface area contributed by atoms with E-state index in [4.69, 9.17) is 0 Å². The van der Waals surface area contributed by atoms with E-state index in [1.165, 1.54) is 18.4 Å². The molecule has 2 fully saturated rings. The molecule has 1 heterocycles. The highest BCUT2D eigenvalue weighted by molar-refractivity contribution is 5.75. The highest BCUT2D eigenvalue weighted by Crippen LogP contribution is 2.39. The molecule has 2 amide bonds. The molecule has 0 aliphatic heterocycles. The van der Waals surface area contributed by atoms with Gasteiger partial charge in [-0.15, -0.1) is 0 Å². The molecule has 132 valence electrons. The van der Waals surface area contributed by atoms with Gasteiger partial charge in [0.2, 0.25) is 0 Å². The lowest BCUT2D eigenvalue weighted by Crippen LogP contribution is -2.47. The number of carbonyl (C=O) groups excluding carboxylic acids is 1. The molecule has 0 radical (unpaired) electrons. The summed E-state index contributed by atoms with van der Waals surface area (Å²) in [6.07, 6.45) is 8.61. The molecule has 0 unspecified atom stereocenters. The van der Waals surface area contributed by atoms with Crippen molar-refractivity contribution >= 4 is 6.03 Å². The van der Waals surface area contributed by atoms with Gasteiger partial charge in [0.25, 0.3) is 0 Å². The Labute approximate surface area is 149 Å². The topological polar surface area (TPSA) is 50.2 Å². The van der Waals surface area contributed by atoms with Crippen molar-refractivity contribution in [2.75, 3.05) is 0 Å². The maximum Gasteiger partial charge on any atom is 0.318 e. The van der Waals surface area contributed by atoms with Crippen molar-refractivity contribution in [3.05, 3.63) is 53.9 Å². The van der Waals surface area contributed by atoms with E-state index in [9.17, 15) is 4.79 Å². The van der Waals surface area contributed by atoms with Gasteiger partial charge in [0.1, 0.15) is 0 Å². The molecule has 5 heteroatoms. The molecule has 2 aliphatic carbocycles. The van der Waals surface area contributed by atoms with Gasteiger partial charge in [-0.2, -0.15) is 5.10 Å². The Morgan fingerprint density at radius 3 is 2.56 bits per heavy atom. The minimum absolute atomic E-state index is 0.0996. The number of urea groups is 1. The van der Waals surface area contributed by atoms with E-state index >= 15 is 0 Å². The molecule has 0 saturated heterocycles. The molecule has 0 bridgehead atoms. The monoisotopic (exact) mass is 338 g/mol. The standard InChI is InChI=1S/C20H26N4O/c1-15(18-7-8-18)24(19-9-10-19)20(25)21-13-16-3-5-17(6-4-16)14-23-12-2-11-22-23/h2-6,11-12,15,18-19H,7-10,13-14H2,1H3,(H,21,25)/t15-/m0/s1. The van der Waals surface area contributed by atoms with Crippen LogP contribution in [0.15, 0.2) is 42.7 Å². The molecule has 5 nitrogen and oxygen atoms in total. The number of rotatable bonds is 7. The van der Waals surface area contributed by atoms with Crippen LogP contribution in [0.25, 0.3) is 0 Å². The number of hydrogen-bond donors (Lipinski definition) is 1. The zero-order valence-corrected chi connectivity index (χ0v) is 14.8. The van der Waals surface area contributed by atoms with Crippen LogP contribution in [-0.2, 0) is 13.1 Å². The van der Waals surface area contributed by atoms with E-state index in [1.54, 1.807) is 6.20 Å². The quantitative estimate of drug-likeness (QED) is 0.841. The number of carbonyl (C=O) groups is 1. The maximum absolute atomic E-state index is 12.7. The van der Waals surface area contributed by atoms with Crippen molar-refractivity contribution in [1.82, 2.24) is 20.0 Å². The summed E-state index contributed by atoms with van der Waals surface area (Å²) in [6.45, 7) is 3.56. The van der Waals surface area contributed by atoms with Crippen LogP contribution in [0.2, 0.25) is 0 Å². The fourth-order valence-electron chi connectivity index (χ4n) is 3.45. The first kappa shape index (κ1) is 16.2. The molecule has 2 saturated carbocycles. The highest BCUT2D eigenvalue weighted by atomic mass is 16.2. The Kier molecular flexibility index (Phi) is 4.47. The summed E-state index contributed by atoms with van der Waals surface area (Å²) in [5, 5.41) is 7.34. The predicted octanol–water partition coefficient (Wildman–Crippen LogP) is 3.40. The van der Waals surface area contributed by atoms with E-state index < -0.39 is 0 Å². The summed E-state index contributed by atoms with van der Waals surface area (Å²) >= 11 is 0. The largest absolute Gasteiger partial charge is 0.334 e. The van der Waals surface area contributed by atoms with Crippen molar-refractivity contribution in [3.63, 3.8) is 0 Å². The second-order valence-electron chi connectivity index (χ2n) is 7.40. The van der Waals surface area contributed by atoms with Gasteiger partial charge in [-0.25, -0.2) is 4.79 Å². The van der Waals surface area contributed by atoms with Crippen molar-refractivity contribution in [2.24, 2.45) is 5.92 Å². The van der Waals surface area contributed by atoms with Crippen LogP contribution in [0.1, 0.15) is 43.7 Å². The molecule has 1 N–H and O–H groups in total. The normalized spacial score (nSPS) is 18.0.